The average molecular weight is 471 g/mol. The van der Waals surface area contributed by atoms with Crippen LogP contribution < -0.4 is 16.2 Å². The summed E-state index contributed by atoms with van der Waals surface area (Å²) >= 11 is 0. The van der Waals surface area contributed by atoms with Crippen molar-refractivity contribution in [1.82, 2.24) is 15.2 Å². The molecule has 1 aromatic heterocycles. The summed E-state index contributed by atoms with van der Waals surface area (Å²) in [6.45, 7) is 1.19. The predicted molar refractivity (Wildman–Crippen MR) is 107 cm³/mol. The molecule has 13 heteroatoms. The molecule has 1 aromatic carbocycles. The molecule has 0 spiro atoms. The number of hydrogen-bond donors (Lipinski definition) is 5. The molecule has 5 N–H and O–H groups in total. The number of pyridine rings is 1. The number of aliphatic carboxylic acids is 1. The second-order valence-corrected chi connectivity index (χ2v) is 7.17. The van der Waals surface area contributed by atoms with Crippen molar-refractivity contribution >= 4 is 17.8 Å². The van der Waals surface area contributed by atoms with Gasteiger partial charge in [0, 0.05) is 6.04 Å². The van der Waals surface area contributed by atoms with E-state index in [1.54, 1.807) is 0 Å². The Bertz CT molecular complexity index is 1160. The van der Waals surface area contributed by atoms with Crippen LogP contribution in [0.15, 0.2) is 29.1 Å². The summed E-state index contributed by atoms with van der Waals surface area (Å²) in [4.78, 5) is 48.6. The number of hydrogen-bond acceptors (Lipinski definition) is 6. The van der Waals surface area contributed by atoms with Crippen LogP contribution in [-0.2, 0) is 17.5 Å². The van der Waals surface area contributed by atoms with Crippen LogP contribution in [0.3, 0.4) is 0 Å². The molecule has 0 atom stereocenters. The van der Waals surface area contributed by atoms with E-state index in [1.807, 2.05) is 5.32 Å². The first-order chi connectivity index (χ1) is 15.3. The maximum Gasteiger partial charge on any atom is 0.416 e. The normalized spacial score (nSPS) is 11.3. The highest BCUT2D eigenvalue weighted by Crippen LogP contribution is 2.34. The van der Waals surface area contributed by atoms with Gasteiger partial charge >= 0.3 is 12.1 Å². The molecule has 0 saturated heterocycles. The lowest BCUT2D eigenvalue weighted by Crippen LogP contribution is -2.38. The largest absolute Gasteiger partial charge is 0.506 e. The van der Waals surface area contributed by atoms with Crippen LogP contribution in [0.25, 0.3) is 0 Å². The highest BCUT2D eigenvalue weighted by molar-refractivity contribution is 6.05. The summed E-state index contributed by atoms with van der Waals surface area (Å²) in [6.07, 6.45) is -4.81. The van der Waals surface area contributed by atoms with Crippen molar-refractivity contribution in [2.75, 3.05) is 6.54 Å². The summed E-state index contributed by atoms with van der Waals surface area (Å²) < 4.78 is 40.4. The third-order valence-electron chi connectivity index (χ3n) is 4.34. The number of nitrogens with one attached hydrogen (secondary N) is 2. The van der Waals surface area contributed by atoms with E-state index in [0.717, 1.165) is 18.2 Å². The fourth-order valence-corrected chi connectivity index (χ4v) is 2.94. The van der Waals surface area contributed by atoms with Crippen LogP contribution in [0.1, 0.15) is 45.7 Å². The number of carbonyl (C=O) groups is 3. The van der Waals surface area contributed by atoms with E-state index in [9.17, 15) is 42.6 Å². The molecule has 0 bridgehead atoms. The van der Waals surface area contributed by atoms with Gasteiger partial charge in [-0.3, -0.25) is 23.7 Å². The second kappa shape index (κ2) is 9.63. The minimum Gasteiger partial charge on any atom is -0.506 e. The number of carbonyl (C=O) groups excluding carboxylic acids is 2. The number of amides is 2. The van der Waals surface area contributed by atoms with E-state index in [2.05, 4.69) is 5.32 Å². The maximum absolute atomic E-state index is 13.4. The number of benzene rings is 1. The molecule has 0 saturated carbocycles. The van der Waals surface area contributed by atoms with Crippen LogP contribution in [0.5, 0.6) is 11.6 Å². The highest BCUT2D eigenvalue weighted by atomic mass is 19.4. The van der Waals surface area contributed by atoms with Crippen LogP contribution in [0.2, 0.25) is 0 Å². The lowest BCUT2D eigenvalue weighted by Gasteiger charge is -2.19. The van der Waals surface area contributed by atoms with E-state index in [-0.39, 0.29) is 0 Å². The van der Waals surface area contributed by atoms with E-state index < -0.39 is 82.5 Å². The molecule has 0 fully saturated rings. The van der Waals surface area contributed by atoms with Gasteiger partial charge in [0.15, 0.2) is 5.75 Å². The molecule has 2 amide bonds. The third-order valence-corrected chi connectivity index (χ3v) is 4.34. The van der Waals surface area contributed by atoms with Gasteiger partial charge in [-0.05, 0) is 25.5 Å². The van der Waals surface area contributed by atoms with Crippen molar-refractivity contribution in [3.8, 4) is 11.6 Å². The van der Waals surface area contributed by atoms with Crippen LogP contribution >= 0.6 is 0 Å². The predicted octanol–water partition coefficient (Wildman–Crippen LogP) is 1.28. The lowest BCUT2D eigenvalue weighted by atomic mass is 10.1. The first kappa shape index (κ1) is 25.2. The summed E-state index contributed by atoms with van der Waals surface area (Å²) in [5.74, 6) is -6.51. The summed E-state index contributed by atoms with van der Waals surface area (Å²) in [7, 11) is 0. The molecule has 2 rings (SSSR count). The SMILES string of the molecule is CC(C)NC(=O)c1c(O)c(C(=O)NCC(=O)O)c(O)n(Cc2ccccc2C(F)(F)F)c1=O. The fraction of sp³-hybridized carbons (Fsp3) is 0.300. The van der Waals surface area contributed by atoms with Gasteiger partial charge in [0.1, 0.15) is 17.7 Å². The zero-order valence-electron chi connectivity index (χ0n) is 17.4. The van der Waals surface area contributed by atoms with Gasteiger partial charge in [-0.15, -0.1) is 0 Å². The number of alkyl halides is 3. The van der Waals surface area contributed by atoms with Gasteiger partial charge in [0.05, 0.1) is 12.1 Å². The number of aromatic hydroxyl groups is 2. The quantitative estimate of drug-likeness (QED) is 0.407. The van der Waals surface area contributed by atoms with Gasteiger partial charge in [0.2, 0.25) is 5.88 Å². The lowest BCUT2D eigenvalue weighted by molar-refractivity contribution is -0.138. The molecule has 0 aliphatic rings. The first-order valence-electron chi connectivity index (χ1n) is 9.40. The zero-order chi connectivity index (χ0) is 25.1. The molecular weight excluding hydrogens is 451 g/mol. The molecule has 33 heavy (non-hydrogen) atoms. The second-order valence-electron chi connectivity index (χ2n) is 7.17. The van der Waals surface area contributed by atoms with Gasteiger partial charge in [0.25, 0.3) is 17.4 Å². The summed E-state index contributed by atoms with van der Waals surface area (Å²) in [5.41, 5.74) is -5.02. The van der Waals surface area contributed by atoms with Crippen molar-refractivity contribution in [3.05, 3.63) is 56.9 Å². The minimum atomic E-state index is -4.81. The van der Waals surface area contributed by atoms with Crippen LogP contribution in [0, 0.1) is 0 Å². The number of carboxylic acid groups (broad SMARTS) is 1. The Kier molecular flexibility index (Phi) is 7.36. The average Bonchev–Trinajstić information content (AvgIpc) is 2.68. The van der Waals surface area contributed by atoms with Crippen molar-refractivity contribution in [3.63, 3.8) is 0 Å². The molecule has 0 unspecified atom stereocenters. The Morgan fingerprint density at radius 2 is 1.67 bits per heavy atom. The van der Waals surface area contributed by atoms with Crippen molar-refractivity contribution in [1.29, 1.82) is 0 Å². The standard InChI is InChI=1S/C20H20F3N3O7/c1-9(2)25-17(31)14-15(29)13(16(30)24-7-12(27)28)18(32)26(19(14)33)8-10-5-3-4-6-11(10)20(21,22)23/h3-6,9,29,32H,7-8H2,1-2H3,(H,24,30)(H,25,31)(H,27,28). The Balaban J connectivity index is 2.76. The monoisotopic (exact) mass is 471 g/mol. The number of halogens is 3. The zero-order valence-corrected chi connectivity index (χ0v) is 17.4. The van der Waals surface area contributed by atoms with Crippen LogP contribution in [-0.4, -0.2) is 50.3 Å². The molecule has 178 valence electrons. The van der Waals surface area contributed by atoms with Gasteiger partial charge in [-0.1, -0.05) is 18.2 Å². The molecule has 0 aliphatic carbocycles. The molecule has 0 aliphatic heterocycles. The fourth-order valence-electron chi connectivity index (χ4n) is 2.94. The Labute approximate surface area is 184 Å². The third kappa shape index (κ3) is 5.61. The minimum absolute atomic E-state index is 0.315. The van der Waals surface area contributed by atoms with E-state index in [0.29, 0.717) is 4.57 Å². The Morgan fingerprint density at radius 1 is 1.06 bits per heavy atom. The van der Waals surface area contributed by atoms with Crippen molar-refractivity contribution in [2.45, 2.75) is 32.6 Å². The van der Waals surface area contributed by atoms with Gasteiger partial charge in [-0.25, -0.2) is 0 Å². The van der Waals surface area contributed by atoms with E-state index in [1.165, 1.54) is 19.9 Å². The maximum atomic E-state index is 13.4. The Morgan fingerprint density at radius 3 is 2.21 bits per heavy atom. The van der Waals surface area contributed by atoms with E-state index >= 15 is 0 Å². The topological polar surface area (TPSA) is 158 Å². The smallest absolute Gasteiger partial charge is 0.416 e. The summed E-state index contributed by atoms with van der Waals surface area (Å²) in [6, 6.07) is 3.59. The van der Waals surface area contributed by atoms with E-state index in [4.69, 9.17) is 5.11 Å². The number of carboxylic acids is 1. The molecule has 2 aromatic rings. The van der Waals surface area contributed by atoms with Gasteiger partial charge < -0.3 is 26.0 Å². The molecular formula is C20H20F3N3O7. The van der Waals surface area contributed by atoms with Crippen LogP contribution in [0.4, 0.5) is 13.2 Å². The molecule has 1 heterocycles. The summed E-state index contributed by atoms with van der Waals surface area (Å²) in [5, 5.41) is 33.8. The number of nitrogens with zero attached hydrogens (tertiary/aromatic N) is 1. The van der Waals surface area contributed by atoms with Crippen molar-refractivity contribution in [2.24, 2.45) is 0 Å². The number of aromatic nitrogens is 1. The highest BCUT2D eigenvalue weighted by Gasteiger charge is 2.34. The van der Waals surface area contributed by atoms with Gasteiger partial charge in [-0.2, -0.15) is 13.2 Å². The molecule has 10 nitrogen and oxygen atoms in total. The number of rotatable bonds is 7. The van der Waals surface area contributed by atoms with Crippen molar-refractivity contribution < 1.29 is 42.9 Å². The first-order valence-corrected chi connectivity index (χ1v) is 9.40. The Hall–Kier alpha value is -4.03. The molecule has 0 radical (unpaired) electrons.